The number of rotatable bonds is 4. The summed E-state index contributed by atoms with van der Waals surface area (Å²) in [4.78, 5) is 16.9. The van der Waals surface area contributed by atoms with Gasteiger partial charge in [-0.05, 0) is 29.5 Å². The SMILES string of the molecule is O=C(Cn1nnc(-c2ccncc2)n1)Nc1ccccc1F. The van der Waals surface area contributed by atoms with Gasteiger partial charge in [-0.15, -0.1) is 10.2 Å². The fourth-order valence-corrected chi connectivity index (χ4v) is 1.81. The summed E-state index contributed by atoms with van der Waals surface area (Å²) in [6.07, 6.45) is 3.22. The molecule has 8 heteroatoms. The molecule has 2 heterocycles. The van der Waals surface area contributed by atoms with Crippen molar-refractivity contribution < 1.29 is 9.18 Å². The molecular weight excluding hydrogens is 287 g/mol. The first kappa shape index (κ1) is 13.8. The lowest BCUT2D eigenvalue weighted by molar-refractivity contribution is -0.117. The first-order valence-corrected chi connectivity index (χ1v) is 6.45. The first-order valence-electron chi connectivity index (χ1n) is 6.45. The van der Waals surface area contributed by atoms with E-state index in [0.29, 0.717) is 5.82 Å². The number of nitrogens with one attached hydrogen (secondary N) is 1. The summed E-state index contributed by atoms with van der Waals surface area (Å²) in [6.45, 7) is -0.160. The number of hydrogen-bond donors (Lipinski definition) is 1. The van der Waals surface area contributed by atoms with Crippen LogP contribution in [0.2, 0.25) is 0 Å². The van der Waals surface area contributed by atoms with E-state index in [-0.39, 0.29) is 12.2 Å². The molecule has 0 aliphatic heterocycles. The average molecular weight is 298 g/mol. The largest absolute Gasteiger partial charge is 0.322 e. The van der Waals surface area contributed by atoms with Gasteiger partial charge in [-0.1, -0.05) is 12.1 Å². The van der Waals surface area contributed by atoms with E-state index >= 15 is 0 Å². The highest BCUT2D eigenvalue weighted by Crippen LogP contribution is 2.13. The minimum atomic E-state index is -0.500. The van der Waals surface area contributed by atoms with Crippen molar-refractivity contribution in [1.82, 2.24) is 25.2 Å². The monoisotopic (exact) mass is 298 g/mol. The third-order valence-electron chi connectivity index (χ3n) is 2.82. The van der Waals surface area contributed by atoms with Gasteiger partial charge in [-0.2, -0.15) is 4.80 Å². The Morgan fingerprint density at radius 3 is 2.73 bits per heavy atom. The third-order valence-corrected chi connectivity index (χ3v) is 2.82. The molecule has 0 saturated heterocycles. The predicted molar refractivity (Wildman–Crippen MR) is 76.1 cm³/mol. The Morgan fingerprint density at radius 1 is 1.18 bits per heavy atom. The molecule has 1 amide bonds. The number of tetrazole rings is 1. The van der Waals surface area contributed by atoms with Crippen molar-refractivity contribution in [2.45, 2.75) is 6.54 Å². The number of pyridine rings is 1. The van der Waals surface area contributed by atoms with Crippen molar-refractivity contribution in [1.29, 1.82) is 0 Å². The Kier molecular flexibility index (Phi) is 3.82. The summed E-state index contributed by atoms with van der Waals surface area (Å²) in [6, 6.07) is 9.40. The zero-order valence-corrected chi connectivity index (χ0v) is 11.3. The van der Waals surface area contributed by atoms with E-state index in [1.807, 2.05) is 0 Å². The van der Waals surface area contributed by atoms with Crippen molar-refractivity contribution in [3.05, 3.63) is 54.6 Å². The van der Waals surface area contributed by atoms with E-state index < -0.39 is 11.7 Å². The van der Waals surface area contributed by atoms with Crippen molar-refractivity contribution in [2.75, 3.05) is 5.32 Å². The lowest BCUT2D eigenvalue weighted by atomic mass is 10.3. The van der Waals surface area contributed by atoms with E-state index in [1.54, 1.807) is 36.7 Å². The highest BCUT2D eigenvalue weighted by atomic mass is 19.1. The van der Waals surface area contributed by atoms with Crippen molar-refractivity contribution in [2.24, 2.45) is 0 Å². The van der Waals surface area contributed by atoms with Gasteiger partial charge in [0.25, 0.3) is 0 Å². The smallest absolute Gasteiger partial charge is 0.248 e. The van der Waals surface area contributed by atoms with Gasteiger partial charge in [0.05, 0.1) is 5.69 Å². The van der Waals surface area contributed by atoms with Gasteiger partial charge >= 0.3 is 0 Å². The van der Waals surface area contributed by atoms with Crippen LogP contribution in [-0.4, -0.2) is 31.1 Å². The van der Waals surface area contributed by atoms with E-state index in [0.717, 1.165) is 10.4 Å². The van der Waals surface area contributed by atoms with E-state index in [2.05, 4.69) is 25.7 Å². The summed E-state index contributed by atoms with van der Waals surface area (Å²) in [5, 5.41) is 14.2. The Labute approximate surface area is 124 Å². The second-order valence-electron chi connectivity index (χ2n) is 4.41. The second kappa shape index (κ2) is 6.08. The molecule has 0 aliphatic carbocycles. The number of aromatic nitrogens is 5. The number of benzene rings is 1. The maximum absolute atomic E-state index is 13.4. The molecule has 0 radical (unpaired) electrons. The minimum Gasteiger partial charge on any atom is -0.322 e. The Balaban J connectivity index is 1.68. The predicted octanol–water partition coefficient (Wildman–Crippen LogP) is 1.51. The average Bonchev–Trinajstić information content (AvgIpc) is 2.99. The van der Waals surface area contributed by atoms with Crippen LogP contribution < -0.4 is 5.32 Å². The number of halogens is 1. The summed E-state index contributed by atoms with van der Waals surface area (Å²) in [5.74, 6) is -0.551. The van der Waals surface area contributed by atoms with Gasteiger partial charge < -0.3 is 5.32 Å². The second-order valence-corrected chi connectivity index (χ2v) is 4.41. The third kappa shape index (κ3) is 3.11. The number of carbonyl (C=O) groups is 1. The van der Waals surface area contributed by atoms with Crippen molar-refractivity contribution in [3.8, 4) is 11.4 Å². The molecule has 2 aromatic heterocycles. The minimum absolute atomic E-state index is 0.113. The normalized spacial score (nSPS) is 10.4. The molecule has 22 heavy (non-hydrogen) atoms. The summed E-state index contributed by atoms with van der Waals surface area (Å²) >= 11 is 0. The highest BCUT2D eigenvalue weighted by molar-refractivity contribution is 5.90. The standard InChI is InChI=1S/C14H11FN6O/c15-11-3-1-2-4-12(11)17-13(22)9-21-19-14(18-20-21)10-5-7-16-8-6-10/h1-8H,9H2,(H,17,22). The molecule has 0 fully saturated rings. The van der Waals surface area contributed by atoms with Gasteiger partial charge in [0.1, 0.15) is 12.4 Å². The van der Waals surface area contributed by atoms with Crippen LogP contribution in [0.5, 0.6) is 0 Å². The number of para-hydroxylation sites is 1. The molecule has 0 atom stereocenters. The molecule has 3 rings (SSSR count). The van der Waals surface area contributed by atoms with Crippen LogP contribution in [-0.2, 0) is 11.3 Å². The fraction of sp³-hybridized carbons (Fsp3) is 0.0714. The molecule has 0 unspecified atom stereocenters. The maximum atomic E-state index is 13.4. The molecule has 110 valence electrons. The van der Waals surface area contributed by atoms with Crippen molar-refractivity contribution in [3.63, 3.8) is 0 Å². The summed E-state index contributed by atoms with van der Waals surface area (Å²) in [5.41, 5.74) is 0.859. The lowest BCUT2D eigenvalue weighted by Crippen LogP contribution is -2.21. The quantitative estimate of drug-likeness (QED) is 0.789. The molecular formula is C14H11FN6O. The fourth-order valence-electron chi connectivity index (χ4n) is 1.81. The highest BCUT2D eigenvalue weighted by Gasteiger charge is 2.10. The zero-order valence-electron chi connectivity index (χ0n) is 11.3. The molecule has 1 aromatic carbocycles. The van der Waals surface area contributed by atoms with Crippen molar-refractivity contribution >= 4 is 11.6 Å². The molecule has 0 bridgehead atoms. The van der Waals surface area contributed by atoms with E-state index in [9.17, 15) is 9.18 Å². The number of carbonyl (C=O) groups excluding carboxylic acids is 1. The maximum Gasteiger partial charge on any atom is 0.248 e. The van der Waals surface area contributed by atoms with Crippen LogP contribution >= 0.6 is 0 Å². The molecule has 0 aliphatic rings. The summed E-state index contributed by atoms with van der Waals surface area (Å²) in [7, 11) is 0. The molecule has 1 N–H and O–H groups in total. The number of amides is 1. The lowest BCUT2D eigenvalue weighted by Gasteiger charge is -2.04. The van der Waals surface area contributed by atoms with Gasteiger partial charge in [-0.25, -0.2) is 4.39 Å². The molecule has 7 nitrogen and oxygen atoms in total. The Morgan fingerprint density at radius 2 is 1.95 bits per heavy atom. The van der Waals surface area contributed by atoms with Gasteiger partial charge in [-0.3, -0.25) is 9.78 Å². The number of anilines is 1. The Bertz CT molecular complexity index is 789. The van der Waals surface area contributed by atoms with E-state index in [4.69, 9.17) is 0 Å². The van der Waals surface area contributed by atoms with Crippen LogP contribution in [0.25, 0.3) is 11.4 Å². The van der Waals surface area contributed by atoms with Gasteiger partial charge in [0.2, 0.25) is 11.7 Å². The number of nitrogens with zero attached hydrogens (tertiary/aromatic N) is 5. The van der Waals surface area contributed by atoms with Gasteiger partial charge in [0, 0.05) is 18.0 Å². The van der Waals surface area contributed by atoms with Crippen LogP contribution in [0.15, 0.2) is 48.8 Å². The number of hydrogen-bond acceptors (Lipinski definition) is 5. The molecule has 0 saturated carbocycles. The van der Waals surface area contributed by atoms with Crippen LogP contribution in [0.4, 0.5) is 10.1 Å². The van der Waals surface area contributed by atoms with Gasteiger partial charge in [0.15, 0.2) is 0 Å². The topological polar surface area (TPSA) is 85.6 Å². The first-order chi connectivity index (χ1) is 10.7. The van der Waals surface area contributed by atoms with E-state index in [1.165, 1.54) is 12.1 Å². The van der Waals surface area contributed by atoms with Crippen LogP contribution in [0.1, 0.15) is 0 Å². The molecule has 3 aromatic rings. The zero-order chi connectivity index (χ0) is 15.4. The Hall–Kier alpha value is -3.16. The summed E-state index contributed by atoms with van der Waals surface area (Å²) < 4.78 is 13.4. The van der Waals surface area contributed by atoms with Crippen LogP contribution in [0, 0.1) is 5.82 Å². The molecule has 0 spiro atoms. The van der Waals surface area contributed by atoms with Crippen LogP contribution in [0.3, 0.4) is 0 Å².